The largest absolute Gasteiger partial charge is 0.311 e. The number of rotatable bonds is 5. The van der Waals surface area contributed by atoms with Crippen molar-refractivity contribution in [1.29, 1.82) is 0 Å². The molecule has 0 bridgehead atoms. The molecule has 2 heterocycles. The van der Waals surface area contributed by atoms with Gasteiger partial charge in [-0.1, -0.05) is 19.9 Å². The van der Waals surface area contributed by atoms with Crippen molar-refractivity contribution in [3.8, 4) is 0 Å². The van der Waals surface area contributed by atoms with Gasteiger partial charge in [0.25, 0.3) is 5.56 Å². The Morgan fingerprint density at radius 2 is 2.26 bits per heavy atom. The number of halogens is 1. The highest BCUT2D eigenvalue weighted by Gasteiger charge is 2.24. The number of hydrogen-bond acceptors (Lipinski definition) is 2. The van der Waals surface area contributed by atoms with Gasteiger partial charge >= 0.3 is 0 Å². The van der Waals surface area contributed by atoms with Crippen LogP contribution in [0.15, 0.2) is 23.1 Å². The lowest BCUT2D eigenvalue weighted by molar-refractivity contribution is 0.286. The molecule has 3 nitrogen and oxygen atoms in total. The Morgan fingerprint density at radius 3 is 2.95 bits per heavy atom. The molecule has 19 heavy (non-hydrogen) atoms. The molecule has 0 amide bonds. The van der Waals surface area contributed by atoms with Crippen molar-refractivity contribution in [2.24, 2.45) is 5.92 Å². The Bertz CT molecular complexity index is 469. The number of aromatic nitrogens is 1. The molecule has 0 aliphatic carbocycles. The van der Waals surface area contributed by atoms with Gasteiger partial charge in [-0.15, -0.1) is 0 Å². The Morgan fingerprint density at radius 1 is 1.47 bits per heavy atom. The topological polar surface area (TPSA) is 25.2 Å². The molecule has 2 rings (SSSR count). The summed E-state index contributed by atoms with van der Waals surface area (Å²) in [6.45, 7) is 6.08. The molecule has 1 aromatic heterocycles. The van der Waals surface area contributed by atoms with Crippen LogP contribution in [0, 0.1) is 5.92 Å². The average molecular weight is 266 g/mol. The van der Waals surface area contributed by atoms with Gasteiger partial charge < -0.3 is 4.57 Å². The summed E-state index contributed by atoms with van der Waals surface area (Å²) in [7, 11) is 0. The highest BCUT2D eigenvalue weighted by atomic mass is 19.1. The predicted octanol–water partition coefficient (Wildman–Crippen LogP) is 2.26. The maximum atomic E-state index is 12.4. The number of nitrogens with zero attached hydrogens (tertiary/aromatic N) is 2. The molecule has 1 aliphatic rings. The fraction of sp³-hybridized carbons (Fsp3) is 0.667. The third kappa shape index (κ3) is 3.44. The van der Waals surface area contributed by atoms with Crippen molar-refractivity contribution in [3.63, 3.8) is 0 Å². The van der Waals surface area contributed by atoms with Crippen molar-refractivity contribution < 1.29 is 4.39 Å². The van der Waals surface area contributed by atoms with E-state index in [0.29, 0.717) is 12.5 Å². The lowest BCUT2D eigenvalue weighted by Gasteiger charge is -2.17. The Kier molecular flexibility index (Phi) is 4.75. The molecule has 4 heteroatoms. The molecule has 1 saturated heterocycles. The molecule has 0 aromatic carbocycles. The molecular formula is C15H23FN2O. The third-order valence-corrected chi connectivity index (χ3v) is 3.72. The number of likely N-dealkylation sites (tertiary alicyclic amines) is 1. The van der Waals surface area contributed by atoms with Gasteiger partial charge in [-0.2, -0.15) is 0 Å². The van der Waals surface area contributed by atoms with Crippen LogP contribution in [0.4, 0.5) is 4.39 Å². The minimum Gasteiger partial charge on any atom is -0.311 e. The van der Waals surface area contributed by atoms with E-state index in [1.54, 1.807) is 0 Å². The summed E-state index contributed by atoms with van der Waals surface area (Å²) >= 11 is 0. The summed E-state index contributed by atoms with van der Waals surface area (Å²) in [5.41, 5.74) is 1.02. The van der Waals surface area contributed by atoms with E-state index in [-0.39, 0.29) is 18.3 Å². The SMILES string of the molecule is CC(C)Cc1cccn([C@H]2CCN(CCF)C2)c1=O. The first kappa shape index (κ1) is 14.3. The highest BCUT2D eigenvalue weighted by molar-refractivity contribution is 5.12. The van der Waals surface area contributed by atoms with Crippen LogP contribution in [0.25, 0.3) is 0 Å². The quantitative estimate of drug-likeness (QED) is 0.817. The van der Waals surface area contributed by atoms with Crippen LogP contribution in [0.2, 0.25) is 0 Å². The van der Waals surface area contributed by atoms with Crippen LogP contribution in [0.3, 0.4) is 0 Å². The molecular weight excluding hydrogens is 243 g/mol. The molecule has 1 atom stereocenters. The first-order chi connectivity index (χ1) is 9.11. The van der Waals surface area contributed by atoms with Crippen molar-refractivity contribution in [2.45, 2.75) is 32.7 Å². The van der Waals surface area contributed by atoms with Gasteiger partial charge in [0, 0.05) is 31.4 Å². The summed E-state index contributed by atoms with van der Waals surface area (Å²) < 4.78 is 14.2. The van der Waals surface area contributed by atoms with E-state index in [2.05, 4.69) is 18.7 Å². The van der Waals surface area contributed by atoms with Gasteiger partial charge in [-0.25, -0.2) is 4.39 Å². The Balaban J connectivity index is 2.15. The summed E-state index contributed by atoms with van der Waals surface area (Å²) in [4.78, 5) is 14.5. The molecule has 1 aromatic rings. The fourth-order valence-electron chi connectivity index (χ4n) is 2.80. The number of alkyl halides is 1. The van der Waals surface area contributed by atoms with Crippen molar-refractivity contribution in [2.75, 3.05) is 26.3 Å². The van der Waals surface area contributed by atoms with Crippen LogP contribution < -0.4 is 5.56 Å². The second-order valence-corrected chi connectivity index (χ2v) is 5.78. The Labute approximate surface area is 114 Å². The molecule has 106 valence electrons. The lowest BCUT2D eigenvalue weighted by atomic mass is 10.0. The Hall–Kier alpha value is -1.16. The molecule has 1 fully saturated rings. The van der Waals surface area contributed by atoms with Gasteiger partial charge in [0.05, 0.1) is 6.04 Å². The van der Waals surface area contributed by atoms with Crippen molar-refractivity contribution in [3.05, 3.63) is 34.2 Å². The van der Waals surface area contributed by atoms with E-state index < -0.39 is 0 Å². The summed E-state index contributed by atoms with van der Waals surface area (Å²) in [6.07, 6.45) is 3.63. The average Bonchev–Trinajstić information content (AvgIpc) is 2.80. The molecule has 0 spiro atoms. The van der Waals surface area contributed by atoms with Crippen LogP contribution in [0.1, 0.15) is 31.9 Å². The van der Waals surface area contributed by atoms with Gasteiger partial charge in [0.1, 0.15) is 6.67 Å². The third-order valence-electron chi connectivity index (χ3n) is 3.72. The van der Waals surface area contributed by atoms with Gasteiger partial charge in [0.2, 0.25) is 0 Å². The van der Waals surface area contributed by atoms with Crippen LogP contribution in [0.5, 0.6) is 0 Å². The van der Waals surface area contributed by atoms with Crippen molar-refractivity contribution in [1.82, 2.24) is 9.47 Å². The molecule has 1 aliphatic heterocycles. The second-order valence-electron chi connectivity index (χ2n) is 5.78. The van der Waals surface area contributed by atoms with E-state index >= 15 is 0 Å². The van der Waals surface area contributed by atoms with E-state index in [4.69, 9.17) is 0 Å². The predicted molar refractivity (Wildman–Crippen MR) is 75.3 cm³/mol. The first-order valence-electron chi connectivity index (χ1n) is 7.10. The summed E-state index contributed by atoms with van der Waals surface area (Å²) in [5, 5.41) is 0. The second kappa shape index (κ2) is 6.33. The first-order valence-corrected chi connectivity index (χ1v) is 7.10. The van der Waals surface area contributed by atoms with Crippen LogP contribution >= 0.6 is 0 Å². The van der Waals surface area contributed by atoms with E-state index in [1.807, 2.05) is 22.9 Å². The van der Waals surface area contributed by atoms with Crippen LogP contribution in [-0.2, 0) is 6.42 Å². The number of hydrogen-bond donors (Lipinski definition) is 0. The van der Waals surface area contributed by atoms with Crippen LogP contribution in [-0.4, -0.2) is 35.8 Å². The minimum atomic E-state index is -0.311. The zero-order valence-electron chi connectivity index (χ0n) is 11.8. The monoisotopic (exact) mass is 266 g/mol. The van der Waals surface area contributed by atoms with E-state index in [1.165, 1.54) is 0 Å². The highest BCUT2D eigenvalue weighted by Crippen LogP contribution is 2.20. The molecule has 0 N–H and O–H groups in total. The van der Waals surface area contributed by atoms with Gasteiger partial charge in [-0.05, 0) is 24.8 Å². The maximum absolute atomic E-state index is 12.4. The zero-order chi connectivity index (χ0) is 13.8. The minimum absolute atomic E-state index is 0.128. The molecule has 0 saturated carbocycles. The lowest BCUT2D eigenvalue weighted by Crippen LogP contribution is -2.30. The standard InChI is InChI=1S/C15H23FN2O/c1-12(2)10-13-4-3-7-18(15(13)19)14-5-8-17(11-14)9-6-16/h3-4,7,12,14H,5-6,8-11H2,1-2H3/t14-/m0/s1. The normalized spacial score (nSPS) is 20.3. The maximum Gasteiger partial charge on any atom is 0.254 e. The van der Waals surface area contributed by atoms with E-state index in [0.717, 1.165) is 31.5 Å². The number of pyridine rings is 1. The van der Waals surface area contributed by atoms with E-state index in [9.17, 15) is 9.18 Å². The summed E-state index contributed by atoms with van der Waals surface area (Å²) in [5.74, 6) is 0.482. The van der Waals surface area contributed by atoms with Gasteiger partial charge in [-0.3, -0.25) is 9.69 Å². The molecule has 0 radical (unpaired) electrons. The van der Waals surface area contributed by atoms with Crippen molar-refractivity contribution >= 4 is 0 Å². The van der Waals surface area contributed by atoms with Gasteiger partial charge in [0.15, 0.2) is 0 Å². The fourth-order valence-corrected chi connectivity index (χ4v) is 2.80. The smallest absolute Gasteiger partial charge is 0.254 e. The zero-order valence-corrected chi connectivity index (χ0v) is 11.8. The molecule has 0 unspecified atom stereocenters. The summed E-state index contributed by atoms with van der Waals surface area (Å²) in [6, 6.07) is 4.08.